The van der Waals surface area contributed by atoms with Crippen LogP contribution in [0.25, 0.3) is 0 Å². The van der Waals surface area contributed by atoms with Crippen LogP contribution >= 0.6 is 0 Å². The van der Waals surface area contributed by atoms with Crippen LogP contribution in [0, 0.1) is 12.8 Å². The van der Waals surface area contributed by atoms with E-state index in [4.69, 9.17) is 4.52 Å². The number of β-amino-alcohol motifs (C(OH)–C–C–N with tert-alkyl or cyclic N) is 1. The molecule has 1 aliphatic heterocycles. The van der Waals surface area contributed by atoms with E-state index in [-0.39, 0.29) is 30.4 Å². The van der Waals surface area contributed by atoms with Crippen molar-refractivity contribution in [1.82, 2.24) is 24.0 Å². The Kier molecular flexibility index (Phi) is 4.22. The van der Waals surface area contributed by atoms with Crippen LogP contribution in [0.1, 0.15) is 32.0 Å². The summed E-state index contributed by atoms with van der Waals surface area (Å²) in [5, 5.41) is 14.3. The van der Waals surface area contributed by atoms with Crippen molar-refractivity contribution in [3.8, 4) is 0 Å². The molecule has 1 aliphatic rings. The van der Waals surface area contributed by atoms with E-state index in [2.05, 4.69) is 15.1 Å². The summed E-state index contributed by atoms with van der Waals surface area (Å²) in [6.45, 7) is 6.45. The molecule has 0 bridgehead atoms. The van der Waals surface area contributed by atoms with Gasteiger partial charge in [-0.25, -0.2) is 13.4 Å². The van der Waals surface area contributed by atoms with E-state index >= 15 is 0 Å². The van der Waals surface area contributed by atoms with E-state index in [1.807, 2.05) is 13.8 Å². The van der Waals surface area contributed by atoms with Crippen molar-refractivity contribution in [3.63, 3.8) is 0 Å². The maximum Gasteiger partial charge on any atom is 0.262 e. The number of hydrogen-bond acceptors (Lipinski definition) is 7. The zero-order chi connectivity index (χ0) is 17.5. The summed E-state index contributed by atoms with van der Waals surface area (Å²) in [6, 6.07) is 0. The molecule has 3 heterocycles. The van der Waals surface area contributed by atoms with Crippen molar-refractivity contribution in [1.29, 1.82) is 0 Å². The Morgan fingerprint density at radius 1 is 1.46 bits per heavy atom. The number of nitrogens with zero attached hydrogens (tertiary/aromatic N) is 5. The Morgan fingerprint density at radius 3 is 2.83 bits per heavy atom. The maximum absolute atomic E-state index is 12.7. The molecule has 1 fully saturated rings. The van der Waals surface area contributed by atoms with Crippen molar-refractivity contribution in [2.24, 2.45) is 5.92 Å². The Bertz CT molecular complexity index is 828. The van der Waals surface area contributed by atoms with E-state index in [1.165, 1.54) is 16.8 Å². The summed E-state index contributed by atoms with van der Waals surface area (Å²) in [6.07, 6.45) is 3.22. The van der Waals surface area contributed by atoms with E-state index in [0.29, 0.717) is 18.3 Å². The minimum absolute atomic E-state index is 0.0193. The molecule has 9 nitrogen and oxygen atoms in total. The quantitative estimate of drug-likeness (QED) is 0.831. The molecule has 0 amide bonds. The lowest BCUT2D eigenvalue weighted by molar-refractivity contribution is 0.0194. The summed E-state index contributed by atoms with van der Waals surface area (Å²) >= 11 is 0. The highest BCUT2D eigenvalue weighted by Crippen LogP contribution is 2.33. The third-order valence-corrected chi connectivity index (χ3v) is 5.66. The van der Waals surface area contributed by atoms with Gasteiger partial charge in [-0.3, -0.25) is 0 Å². The monoisotopic (exact) mass is 355 g/mol. The van der Waals surface area contributed by atoms with Crippen molar-refractivity contribution < 1.29 is 18.0 Å². The van der Waals surface area contributed by atoms with Gasteiger partial charge in [0.2, 0.25) is 0 Å². The molecule has 0 spiro atoms. The first-order chi connectivity index (χ1) is 11.2. The molecule has 2 aromatic rings. The second-order valence-corrected chi connectivity index (χ2v) is 8.45. The Balaban J connectivity index is 1.80. The lowest BCUT2D eigenvalue weighted by atomic mass is 10.0. The van der Waals surface area contributed by atoms with Crippen LogP contribution in [0.4, 0.5) is 0 Å². The van der Waals surface area contributed by atoms with Crippen LogP contribution < -0.4 is 0 Å². The molecule has 24 heavy (non-hydrogen) atoms. The number of hydrogen-bond donors (Lipinski definition) is 1. The predicted molar refractivity (Wildman–Crippen MR) is 83.4 cm³/mol. The molecule has 0 saturated carbocycles. The summed E-state index contributed by atoms with van der Waals surface area (Å²) in [5.74, 6) is 0.822. The summed E-state index contributed by atoms with van der Waals surface area (Å²) in [5.41, 5.74) is -1.46. The molecule has 1 atom stereocenters. The summed E-state index contributed by atoms with van der Waals surface area (Å²) < 4.78 is 33.4. The van der Waals surface area contributed by atoms with Crippen LogP contribution in [-0.4, -0.2) is 50.6 Å². The van der Waals surface area contributed by atoms with Gasteiger partial charge in [-0.15, -0.1) is 0 Å². The summed E-state index contributed by atoms with van der Waals surface area (Å²) in [4.78, 5) is 8.03. The van der Waals surface area contributed by atoms with Crippen LogP contribution in [-0.2, 0) is 22.2 Å². The molecule has 1 saturated heterocycles. The second-order valence-electron chi connectivity index (χ2n) is 6.57. The molecule has 2 aromatic heterocycles. The molecule has 0 aromatic carbocycles. The Morgan fingerprint density at radius 2 is 2.21 bits per heavy atom. The fourth-order valence-corrected chi connectivity index (χ4v) is 4.18. The minimum Gasteiger partial charge on any atom is -0.379 e. The topological polar surface area (TPSA) is 114 Å². The van der Waals surface area contributed by atoms with E-state index in [0.717, 1.165) is 0 Å². The van der Waals surface area contributed by atoms with Crippen LogP contribution in [0.2, 0.25) is 0 Å². The molecule has 0 aliphatic carbocycles. The zero-order valence-electron chi connectivity index (χ0n) is 13.9. The van der Waals surface area contributed by atoms with Crippen molar-refractivity contribution in [3.05, 3.63) is 24.2 Å². The van der Waals surface area contributed by atoms with Crippen LogP contribution in [0.15, 0.2) is 22.1 Å². The Hall–Kier alpha value is -1.78. The third kappa shape index (κ3) is 3.08. The molecule has 3 rings (SSSR count). The predicted octanol–water partition coefficient (Wildman–Crippen LogP) is 0.513. The van der Waals surface area contributed by atoms with Gasteiger partial charge < -0.3 is 14.2 Å². The first kappa shape index (κ1) is 17.1. The number of rotatable bonds is 5. The molecule has 0 radical (unpaired) electrons. The average molecular weight is 355 g/mol. The van der Waals surface area contributed by atoms with Crippen molar-refractivity contribution in [2.75, 3.05) is 13.1 Å². The van der Waals surface area contributed by atoms with Gasteiger partial charge in [-0.1, -0.05) is 19.0 Å². The van der Waals surface area contributed by atoms with Crippen molar-refractivity contribution >= 4 is 10.0 Å². The highest BCUT2D eigenvalue weighted by Gasteiger charge is 2.47. The normalized spacial score (nSPS) is 22.5. The summed E-state index contributed by atoms with van der Waals surface area (Å²) in [7, 11) is -3.77. The van der Waals surface area contributed by atoms with Gasteiger partial charge in [0.25, 0.3) is 15.9 Å². The van der Waals surface area contributed by atoms with E-state index in [9.17, 15) is 13.5 Å². The van der Waals surface area contributed by atoms with Gasteiger partial charge in [-0.05, 0) is 12.8 Å². The second kappa shape index (κ2) is 5.94. The number of imidazole rings is 1. The number of sulfonamides is 1. The fourth-order valence-electron chi connectivity index (χ4n) is 2.75. The zero-order valence-corrected chi connectivity index (χ0v) is 14.7. The molecule has 1 N–H and O–H groups in total. The lowest BCUT2D eigenvalue weighted by Crippen LogP contribution is -2.34. The molecule has 10 heteroatoms. The van der Waals surface area contributed by atoms with Gasteiger partial charge in [-0.2, -0.15) is 9.29 Å². The fraction of sp³-hybridized carbons (Fsp3) is 0.643. The van der Waals surface area contributed by atoms with Gasteiger partial charge in [0.1, 0.15) is 0 Å². The molecular formula is C14H21N5O4S. The van der Waals surface area contributed by atoms with Crippen LogP contribution in [0.5, 0.6) is 0 Å². The number of aryl methyl sites for hydroxylation is 1. The van der Waals surface area contributed by atoms with Crippen molar-refractivity contribution in [2.45, 2.75) is 44.4 Å². The third-order valence-electron chi connectivity index (χ3n) is 3.93. The number of aromatic nitrogens is 4. The molecule has 0 unspecified atom stereocenters. The van der Waals surface area contributed by atoms with E-state index < -0.39 is 15.6 Å². The lowest BCUT2D eigenvalue weighted by Gasteiger charge is -2.18. The Labute approximate surface area is 140 Å². The largest absolute Gasteiger partial charge is 0.379 e. The smallest absolute Gasteiger partial charge is 0.262 e. The number of aliphatic hydroxyl groups is 1. The standard InChI is InChI=1S/C14H21N5O4S/c1-10(2)6-18-7-12(15-9-18)24(21,22)19-5-4-14(20,8-19)13-16-11(3)17-23-13/h7,9-10,20H,4-6,8H2,1-3H3/t14-/m0/s1. The van der Waals surface area contributed by atoms with Gasteiger partial charge in [0, 0.05) is 25.7 Å². The van der Waals surface area contributed by atoms with Gasteiger partial charge in [0.15, 0.2) is 16.5 Å². The van der Waals surface area contributed by atoms with Gasteiger partial charge >= 0.3 is 0 Å². The first-order valence-corrected chi connectivity index (χ1v) is 9.20. The van der Waals surface area contributed by atoms with Gasteiger partial charge in [0.05, 0.1) is 12.9 Å². The molecular weight excluding hydrogens is 334 g/mol. The first-order valence-electron chi connectivity index (χ1n) is 7.76. The van der Waals surface area contributed by atoms with Crippen LogP contribution in [0.3, 0.4) is 0 Å². The minimum atomic E-state index is -3.77. The van der Waals surface area contributed by atoms with E-state index in [1.54, 1.807) is 11.5 Å². The highest BCUT2D eigenvalue weighted by molar-refractivity contribution is 7.89. The maximum atomic E-state index is 12.7. The highest BCUT2D eigenvalue weighted by atomic mass is 32.2. The SMILES string of the molecule is Cc1noc([C@]2(O)CCN(S(=O)(=O)c3cn(CC(C)C)cn3)C2)n1. The molecule has 132 valence electrons. The average Bonchev–Trinajstić information content (AvgIpc) is 3.19.